The Morgan fingerprint density at radius 2 is 0.677 bits per heavy atom. The van der Waals surface area contributed by atoms with E-state index in [0.717, 1.165) is 33.6 Å². The summed E-state index contributed by atoms with van der Waals surface area (Å²) in [4.78, 5) is 10.8. The summed E-state index contributed by atoms with van der Waals surface area (Å²) in [5.74, 6) is 0.687. The molecular weight excluding hydrogens is 785 g/mol. The third-order valence-corrected chi connectivity index (χ3v) is 13.8. The highest BCUT2D eigenvalue weighted by atomic mass is 14.9. The zero-order valence-electron chi connectivity index (χ0n) is 35.5. The molecule has 0 saturated heterocycles. The van der Waals surface area contributed by atoms with Crippen LogP contribution < -0.4 is 0 Å². The highest BCUT2D eigenvalue weighted by Crippen LogP contribution is 2.61. The molecule has 0 aliphatic heterocycles. The Hall–Kier alpha value is -8.46. The fraction of sp³-hybridized carbons (Fsp3) is 0.0159. The standard InChI is InChI=1S/C63H40N2/c1-2-15-41(16-3-1)42-29-33-45(34-30-42)60-40-61(65-62(64-60)46-35-31-44(32-36-46)49-25-14-18-43-17-4-5-19-48(43)49)47-37-38-59-55(39-47)51-21-7-6-20-50(51)52-22-8-11-26-56(52)63(59)57-27-12-9-23-53(57)54-24-10-13-28-58(54)63/h1-40H. The molecule has 1 heterocycles. The van der Waals surface area contributed by atoms with Crippen molar-refractivity contribution in [3.05, 3.63) is 265 Å². The summed E-state index contributed by atoms with van der Waals surface area (Å²) in [5, 5.41) is 2.47. The molecule has 2 nitrogen and oxygen atoms in total. The van der Waals surface area contributed by atoms with Crippen LogP contribution in [0.25, 0.3) is 100 Å². The Labute approximate surface area is 378 Å². The van der Waals surface area contributed by atoms with Gasteiger partial charge >= 0.3 is 0 Å². The number of hydrogen-bond acceptors (Lipinski definition) is 2. The Kier molecular flexibility index (Phi) is 8.47. The van der Waals surface area contributed by atoms with Gasteiger partial charge in [-0.25, -0.2) is 9.97 Å². The van der Waals surface area contributed by atoms with E-state index < -0.39 is 5.41 Å². The minimum Gasteiger partial charge on any atom is -0.228 e. The molecule has 13 rings (SSSR count). The molecule has 65 heavy (non-hydrogen) atoms. The zero-order valence-corrected chi connectivity index (χ0v) is 35.5. The molecule has 2 heteroatoms. The Balaban J connectivity index is 1.02. The van der Waals surface area contributed by atoms with E-state index >= 15 is 0 Å². The first-order valence-electron chi connectivity index (χ1n) is 22.4. The lowest BCUT2D eigenvalue weighted by Gasteiger charge is -2.35. The second-order valence-electron chi connectivity index (χ2n) is 17.2. The minimum absolute atomic E-state index is 0.537. The van der Waals surface area contributed by atoms with E-state index in [-0.39, 0.29) is 0 Å². The van der Waals surface area contributed by atoms with Gasteiger partial charge in [0, 0.05) is 16.7 Å². The second kappa shape index (κ2) is 14.8. The predicted molar refractivity (Wildman–Crippen MR) is 268 cm³/mol. The molecule has 1 spiro atoms. The molecule has 11 aromatic rings. The Morgan fingerprint density at radius 1 is 0.246 bits per heavy atom. The first-order chi connectivity index (χ1) is 32.2. The number of benzene rings is 10. The van der Waals surface area contributed by atoms with Gasteiger partial charge in [-0.1, -0.05) is 231 Å². The molecule has 0 radical (unpaired) electrons. The number of nitrogens with zero attached hydrogens (tertiary/aromatic N) is 2. The molecule has 0 unspecified atom stereocenters. The number of fused-ring (bicyclic) bond motifs is 13. The van der Waals surface area contributed by atoms with E-state index in [0.29, 0.717) is 5.82 Å². The van der Waals surface area contributed by atoms with Gasteiger partial charge in [0.15, 0.2) is 5.82 Å². The van der Waals surface area contributed by atoms with Crippen LogP contribution in [0.15, 0.2) is 243 Å². The first kappa shape index (κ1) is 37.1. The molecule has 0 saturated carbocycles. The van der Waals surface area contributed by atoms with Gasteiger partial charge in [-0.15, -0.1) is 0 Å². The van der Waals surface area contributed by atoms with Crippen LogP contribution >= 0.6 is 0 Å². The monoisotopic (exact) mass is 824 g/mol. The molecular formula is C63H40N2. The van der Waals surface area contributed by atoms with Crippen LogP contribution in [-0.4, -0.2) is 9.97 Å². The van der Waals surface area contributed by atoms with Crippen molar-refractivity contribution in [3.63, 3.8) is 0 Å². The maximum Gasteiger partial charge on any atom is 0.160 e. The van der Waals surface area contributed by atoms with Crippen LogP contribution in [0.1, 0.15) is 22.3 Å². The first-order valence-corrected chi connectivity index (χ1v) is 22.4. The van der Waals surface area contributed by atoms with Crippen LogP contribution in [0.2, 0.25) is 0 Å². The number of hydrogen-bond donors (Lipinski definition) is 0. The highest BCUT2D eigenvalue weighted by Gasteiger charge is 2.49. The molecule has 0 atom stereocenters. The van der Waals surface area contributed by atoms with Crippen LogP contribution in [0.4, 0.5) is 0 Å². The van der Waals surface area contributed by atoms with E-state index in [1.165, 1.54) is 83.1 Å². The van der Waals surface area contributed by atoms with E-state index in [1.54, 1.807) is 0 Å². The van der Waals surface area contributed by atoms with Crippen molar-refractivity contribution in [1.29, 1.82) is 0 Å². The summed E-state index contributed by atoms with van der Waals surface area (Å²) < 4.78 is 0. The lowest BCUT2D eigenvalue weighted by Crippen LogP contribution is -2.29. The maximum absolute atomic E-state index is 5.43. The van der Waals surface area contributed by atoms with Crippen molar-refractivity contribution >= 4 is 10.8 Å². The van der Waals surface area contributed by atoms with Gasteiger partial charge in [-0.2, -0.15) is 0 Å². The van der Waals surface area contributed by atoms with Gasteiger partial charge in [0.2, 0.25) is 0 Å². The summed E-state index contributed by atoms with van der Waals surface area (Å²) in [6.07, 6.45) is 0. The Morgan fingerprint density at radius 3 is 1.35 bits per heavy atom. The molecule has 0 bridgehead atoms. The SMILES string of the molecule is c1ccc(-c2ccc(-c3cc(-c4ccc5c(c4)-c4ccccc4-c4ccccc4C54c5ccccc5-c5ccccc54)nc(-c4ccc(-c5cccc6ccccc56)cc4)n3)cc2)cc1. The molecule has 0 fully saturated rings. The van der Waals surface area contributed by atoms with Crippen LogP contribution in [0.3, 0.4) is 0 Å². The van der Waals surface area contributed by atoms with Gasteiger partial charge in [0.1, 0.15) is 0 Å². The van der Waals surface area contributed by atoms with Crippen LogP contribution in [0.5, 0.6) is 0 Å². The van der Waals surface area contributed by atoms with Gasteiger partial charge in [-0.05, 0) is 101 Å². The average Bonchev–Trinajstić information content (AvgIpc) is 3.63. The van der Waals surface area contributed by atoms with Crippen LogP contribution in [-0.2, 0) is 5.41 Å². The van der Waals surface area contributed by atoms with Crippen molar-refractivity contribution in [2.45, 2.75) is 5.41 Å². The van der Waals surface area contributed by atoms with E-state index in [2.05, 4.69) is 243 Å². The smallest absolute Gasteiger partial charge is 0.160 e. The topological polar surface area (TPSA) is 25.8 Å². The lowest BCUT2D eigenvalue weighted by atomic mass is 9.66. The van der Waals surface area contributed by atoms with Crippen molar-refractivity contribution < 1.29 is 0 Å². The summed E-state index contributed by atoms with van der Waals surface area (Å²) in [6.45, 7) is 0. The molecule has 0 amide bonds. The van der Waals surface area contributed by atoms with E-state index in [1.807, 2.05) is 0 Å². The number of rotatable bonds is 5. The Bertz CT molecular complexity index is 3590. The average molecular weight is 825 g/mol. The van der Waals surface area contributed by atoms with Crippen molar-refractivity contribution in [1.82, 2.24) is 9.97 Å². The summed E-state index contributed by atoms with van der Waals surface area (Å²) in [5.41, 5.74) is 21.6. The highest BCUT2D eigenvalue weighted by molar-refractivity contribution is 5.99. The molecule has 10 aromatic carbocycles. The van der Waals surface area contributed by atoms with Gasteiger partial charge in [0.25, 0.3) is 0 Å². The second-order valence-corrected chi connectivity index (χ2v) is 17.2. The maximum atomic E-state index is 5.43. The molecule has 302 valence electrons. The van der Waals surface area contributed by atoms with Gasteiger partial charge < -0.3 is 0 Å². The molecule has 1 aromatic heterocycles. The summed E-state index contributed by atoms with van der Waals surface area (Å²) in [6, 6.07) is 88.4. The van der Waals surface area contributed by atoms with Crippen molar-refractivity contribution in [3.8, 4) is 89.5 Å². The van der Waals surface area contributed by atoms with E-state index in [4.69, 9.17) is 9.97 Å². The fourth-order valence-electron chi connectivity index (χ4n) is 10.8. The zero-order chi connectivity index (χ0) is 42.9. The van der Waals surface area contributed by atoms with Gasteiger partial charge in [0.05, 0.1) is 16.8 Å². The quantitative estimate of drug-likeness (QED) is 0.173. The fourth-order valence-corrected chi connectivity index (χ4v) is 10.8. The normalized spacial score (nSPS) is 12.7. The van der Waals surface area contributed by atoms with E-state index in [9.17, 15) is 0 Å². The van der Waals surface area contributed by atoms with Gasteiger partial charge in [-0.3, -0.25) is 0 Å². The minimum atomic E-state index is -0.537. The lowest BCUT2D eigenvalue weighted by molar-refractivity contribution is 0.775. The number of aromatic nitrogens is 2. The van der Waals surface area contributed by atoms with Crippen LogP contribution in [0, 0.1) is 0 Å². The van der Waals surface area contributed by atoms with Crippen molar-refractivity contribution in [2.75, 3.05) is 0 Å². The third-order valence-electron chi connectivity index (χ3n) is 13.8. The largest absolute Gasteiger partial charge is 0.228 e. The molecule has 0 N–H and O–H groups in total. The third kappa shape index (κ3) is 5.81. The predicted octanol–water partition coefficient (Wildman–Crippen LogP) is 16.0. The molecule has 2 aliphatic carbocycles. The van der Waals surface area contributed by atoms with Crippen molar-refractivity contribution in [2.24, 2.45) is 0 Å². The molecule has 2 aliphatic rings. The summed E-state index contributed by atoms with van der Waals surface area (Å²) in [7, 11) is 0. The summed E-state index contributed by atoms with van der Waals surface area (Å²) >= 11 is 0.